The van der Waals surface area contributed by atoms with Gasteiger partial charge < -0.3 is 4.72 Å². The number of nitrogens with one attached hydrogen (secondary N) is 2. The molecular formula is C17H23IN4O2S. The van der Waals surface area contributed by atoms with E-state index in [1.54, 1.807) is 12.3 Å². The Labute approximate surface area is 161 Å². The molecule has 1 amide bonds. The molecule has 1 aromatic heterocycles. The van der Waals surface area contributed by atoms with Crippen molar-refractivity contribution >= 4 is 40.1 Å². The number of halogens is 1. The van der Waals surface area contributed by atoms with Gasteiger partial charge in [-0.25, -0.2) is 10.8 Å². The highest BCUT2D eigenvalue weighted by Gasteiger charge is 2.20. The average Bonchev–Trinajstić information content (AvgIpc) is 2.53. The second-order valence-corrected chi connectivity index (χ2v) is 12.7. The van der Waals surface area contributed by atoms with Crippen molar-refractivity contribution in [1.82, 2.24) is 10.4 Å². The predicted molar refractivity (Wildman–Crippen MR) is 111 cm³/mol. The molecule has 4 N–H and O–H groups in total. The van der Waals surface area contributed by atoms with Crippen LogP contribution in [0.25, 0.3) is 0 Å². The molecule has 2 rings (SSSR count). The molecule has 0 aliphatic heterocycles. The monoisotopic (exact) mass is 474 g/mol. The fraction of sp³-hybridized carbons (Fsp3) is 0.294. The van der Waals surface area contributed by atoms with Crippen LogP contribution in [0.2, 0.25) is 0 Å². The molecule has 1 heterocycles. The van der Waals surface area contributed by atoms with Gasteiger partial charge in [-0.1, -0.05) is 32.9 Å². The third-order valence-corrected chi connectivity index (χ3v) is 7.59. The summed E-state index contributed by atoms with van der Waals surface area (Å²) in [6.07, 6.45) is 1.56. The normalized spacial score (nSPS) is 12.6. The van der Waals surface area contributed by atoms with Crippen LogP contribution in [0, 0.1) is 6.92 Å². The number of pyridine rings is 1. The molecule has 0 saturated heterocycles. The smallest absolute Gasteiger partial charge is 0.285 e. The molecule has 2 aromatic rings. The Morgan fingerprint density at radius 2 is 1.84 bits per heavy atom. The summed E-state index contributed by atoms with van der Waals surface area (Å²) in [5.41, 5.74) is 4.58. The standard InChI is InChI=1S/C17H23IN4O2S/c1-11-9-14(15(20-10-11)16(23)21-19)22-25(18,24)13-7-5-12(6-8-13)17(2,3)4/h5-10,25H,19H2,1-4H3,(H,21,23)(H,22,24). The van der Waals surface area contributed by atoms with Crippen molar-refractivity contribution in [2.24, 2.45) is 5.84 Å². The number of benzene rings is 1. The number of amides is 1. The number of carbonyl (C=O) groups excluding carboxylic acids is 1. The molecule has 25 heavy (non-hydrogen) atoms. The van der Waals surface area contributed by atoms with Crippen LogP contribution in [0.5, 0.6) is 0 Å². The third kappa shape index (κ3) is 4.77. The van der Waals surface area contributed by atoms with Crippen LogP contribution in [0.4, 0.5) is 5.69 Å². The van der Waals surface area contributed by atoms with Gasteiger partial charge in [-0.3, -0.25) is 14.4 Å². The van der Waals surface area contributed by atoms with Crippen molar-refractivity contribution in [2.45, 2.75) is 38.0 Å². The van der Waals surface area contributed by atoms with E-state index < -0.39 is 13.2 Å². The van der Waals surface area contributed by atoms with E-state index in [4.69, 9.17) is 5.84 Å². The summed E-state index contributed by atoms with van der Waals surface area (Å²) in [5, 5.41) is 0. The summed E-state index contributed by atoms with van der Waals surface area (Å²) in [6, 6.07) is 9.39. The lowest BCUT2D eigenvalue weighted by atomic mass is 9.87. The topological polar surface area (TPSA) is 97.1 Å². The van der Waals surface area contributed by atoms with Crippen molar-refractivity contribution in [3.8, 4) is 0 Å². The third-order valence-electron chi connectivity index (χ3n) is 3.70. The number of anilines is 1. The predicted octanol–water partition coefficient (Wildman–Crippen LogP) is 3.04. The molecular weight excluding hydrogens is 451 g/mol. The first kappa shape index (κ1) is 19.8. The van der Waals surface area contributed by atoms with Gasteiger partial charge in [0.15, 0.2) is 5.69 Å². The number of aryl methyl sites for hydroxylation is 1. The molecule has 0 atom stereocenters. The van der Waals surface area contributed by atoms with Crippen LogP contribution >= 0.6 is 21.2 Å². The van der Waals surface area contributed by atoms with Crippen molar-refractivity contribution in [3.05, 3.63) is 53.3 Å². The van der Waals surface area contributed by atoms with Crippen molar-refractivity contribution in [3.63, 3.8) is 0 Å². The number of thiol groups is 1. The van der Waals surface area contributed by atoms with Crippen molar-refractivity contribution in [1.29, 1.82) is 0 Å². The number of hydrogen-bond acceptors (Lipinski definition) is 4. The van der Waals surface area contributed by atoms with Crippen LogP contribution < -0.4 is 16.0 Å². The van der Waals surface area contributed by atoms with Crippen LogP contribution in [0.1, 0.15) is 42.4 Å². The summed E-state index contributed by atoms with van der Waals surface area (Å²) in [6.45, 7) is 8.22. The number of rotatable bonds is 4. The van der Waals surface area contributed by atoms with Crippen molar-refractivity contribution < 1.29 is 9.00 Å². The van der Waals surface area contributed by atoms with E-state index in [0.717, 1.165) is 11.1 Å². The highest BCUT2D eigenvalue weighted by atomic mass is 127. The Morgan fingerprint density at radius 1 is 1.24 bits per heavy atom. The molecule has 0 aliphatic rings. The van der Waals surface area contributed by atoms with Gasteiger partial charge in [-0.05, 0) is 41.7 Å². The Hall–Kier alpha value is -1.52. The average molecular weight is 474 g/mol. The number of nitrogens with two attached hydrogens (primary N) is 1. The summed E-state index contributed by atoms with van der Waals surface area (Å²) < 4.78 is 16.2. The zero-order chi connectivity index (χ0) is 18.8. The number of hydrogen-bond donors (Lipinski definition) is 4. The minimum Gasteiger partial charge on any atom is -0.314 e. The minimum atomic E-state index is -2.98. The summed E-state index contributed by atoms with van der Waals surface area (Å²) in [5.74, 6) is 4.67. The maximum Gasteiger partial charge on any atom is 0.285 e. The second kappa shape index (κ2) is 7.38. The van der Waals surface area contributed by atoms with Gasteiger partial charge in [0.25, 0.3) is 5.91 Å². The Balaban J connectivity index is 2.37. The number of carbonyl (C=O) groups is 1. The maximum atomic E-state index is 13.2. The quantitative estimate of drug-likeness (QED) is 0.137. The number of aromatic nitrogens is 1. The lowest BCUT2D eigenvalue weighted by Gasteiger charge is -2.24. The lowest BCUT2D eigenvalue weighted by molar-refractivity contribution is 0.0949. The van der Waals surface area contributed by atoms with Crippen LogP contribution in [0.3, 0.4) is 0 Å². The van der Waals surface area contributed by atoms with E-state index in [2.05, 4.69) is 35.9 Å². The summed E-state index contributed by atoms with van der Waals surface area (Å²) in [7, 11) is -2.98. The number of nitrogen functional groups attached to an aromatic ring is 1. The second-order valence-electron chi connectivity index (χ2n) is 6.82. The summed E-state index contributed by atoms with van der Waals surface area (Å²) >= 11 is 1.90. The van der Waals surface area contributed by atoms with Crippen LogP contribution in [0.15, 0.2) is 41.4 Å². The van der Waals surface area contributed by atoms with E-state index in [1.165, 1.54) is 0 Å². The first-order chi connectivity index (χ1) is 11.5. The molecule has 6 nitrogen and oxygen atoms in total. The highest BCUT2D eigenvalue weighted by Crippen LogP contribution is 2.32. The molecule has 1 aromatic carbocycles. The molecule has 0 bridgehead atoms. The van der Waals surface area contributed by atoms with E-state index >= 15 is 0 Å². The van der Waals surface area contributed by atoms with Crippen molar-refractivity contribution in [2.75, 3.05) is 4.72 Å². The minimum absolute atomic E-state index is 0.0219. The van der Waals surface area contributed by atoms with Gasteiger partial charge in [-0.2, -0.15) is 0 Å². The molecule has 0 fully saturated rings. The van der Waals surface area contributed by atoms with Gasteiger partial charge >= 0.3 is 0 Å². The molecule has 0 saturated carbocycles. The van der Waals surface area contributed by atoms with Crippen LogP contribution in [-0.2, 0) is 12.7 Å². The Bertz CT molecular complexity index is 832. The summed E-state index contributed by atoms with van der Waals surface area (Å²) in [4.78, 5) is 16.7. The SMILES string of the molecule is Cc1cnc(C(=O)NN)c(N[SH](=O)(I)c2ccc(C(C)(C)C)cc2)c1. The molecule has 0 spiro atoms. The van der Waals surface area contributed by atoms with Gasteiger partial charge in [0.1, 0.15) is 0 Å². The van der Waals surface area contributed by atoms with Gasteiger partial charge in [0.05, 0.1) is 5.69 Å². The van der Waals surface area contributed by atoms with Gasteiger partial charge in [-0.15, -0.1) is 0 Å². The maximum absolute atomic E-state index is 13.2. The first-order valence-electron chi connectivity index (χ1n) is 7.71. The van der Waals surface area contributed by atoms with E-state index in [9.17, 15) is 9.00 Å². The Morgan fingerprint density at radius 3 is 2.36 bits per heavy atom. The largest absolute Gasteiger partial charge is 0.314 e. The van der Waals surface area contributed by atoms with E-state index in [0.29, 0.717) is 10.6 Å². The highest BCUT2D eigenvalue weighted by molar-refractivity contribution is 14.2. The molecule has 0 unspecified atom stereocenters. The fourth-order valence-electron chi connectivity index (χ4n) is 2.28. The van der Waals surface area contributed by atoms with Gasteiger partial charge in [0.2, 0.25) is 0 Å². The molecule has 136 valence electrons. The van der Waals surface area contributed by atoms with E-state index in [1.807, 2.05) is 52.4 Å². The lowest BCUT2D eigenvalue weighted by Crippen LogP contribution is -2.32. The van der Waals surface area contributed by atoms with E-state index in [-0.39, 0.29) is 11.1 Å². The molecule has 0 aliphatic carbocycles. The zero-order valence-electron chi connectivity index (χ0n) is 14.6. The van der Waals surface area contributed by atoms with Crippen LogP contribution in [-0.4, -0.2) is 15.1 Å². The molecule has 0 radical (unpaired) electrons. The fourth-order valence-corrected chi connectivity index (χ4v) is 5.16. The zero-order valence-corrected chi connectivity index (χ0v) is 17.7. The number of nitrogens with zero attached hydrogens (tertiary/aromatic N) is 1. The first-order valence-corrected chi connectivity index (χ1v) is 12.2. The number of hydrazine groups is 1. The Kier molecular flexibility index (Phi) is 5.85. The van der Waals surface area contributed by atoms with Gasteiger partial charge in [0, 0.05) is 39.6 Å². The molecule has 8 heteroatoms.